The first-order valence-corrected chi connectivity index (χ1v) is 11.7. The molecule has 30 heavy (non-hydrogen) atoms. The van der Waals surface area contributed by atoms with Crippen LogP contribution in [0.2, 0.25) is 0 Å². The van der Waals surface area contributed by atoms with E-state index in [0.29, 0.717) is 15.6 Å². The number of carboxylic acid groups (broad SMARTS) is 1. The van der Waals surface area contributed by atoms with E-state index in [1.807, 2.05) is 18.2 Å². The number of rotatable bonds is 7. The lowest BCUT2D eigenvalue weighted by Gasteiger charge is -2.15. The molecule has 2 aromatic heterocycles. The molecule has 0 saturated heterocycles. The van der Waals surface area contributed by atoms with Crippen molar-refractivity contribution in [2.45, 2.75) is 22.6 Å². The van der Waals surface area contributed by atoms with Gasteiger partial charge in [-0.2, -0.15) is 9.82 Å². The van der Waals surface area contributed by atoms with E-state index in [-0.39, 0.29) is 4.21 Å². The topological polar surface area (TPSA) is 101 Å². The summed E-state index contributed by atoms with van der Waals surface area (Å²) < 4.78 is 30.0. The van der Waals surface area contributed by atoms with Gasteiger partial charge in [-0.3, -0.25) is 4.79 Å². The van der Waals surface area contributed by atoms with Crippen molar-refractivity contribution in [3.63, 3.8) is 0 Å². The van der Waals surface area contributed by atoms with Gasteiger partial charge in [0, 0.05) is 22.7 Å². The molecule has 0 aliphatic heterocycles. The number of hydrogen-bond donors (Lipinski definition) is 2. The number of carboxylic acids is 1. The van der Waals surface area contributed by atoms with Gasteiger partial charge >= 0.3 is 5.97 Å². The van der Waals surface area contributed by atoms with Gasteiger partial charge in [0.2, 0.25) is 0 Å². The molecule has 2 N–H and O–H groups in total. The van der Waals surface area contributed by atoms with Crippen LogP contribution in [0.15, 0.2) is 65.6 Å². The van der Waals surface area contributed by atoms with Crippen molar-refractivity contribution in [2.75, 3.05) is 0 Å². The number of benzene rings is 1. The van der Waals surface area contributed by atoms with Crippen LogP contribution < -0.4 is 4.72 Å². The third-order valence-corrected chi connectivity index (χ3v) is 8.64. The zero-order chi connectivity index (χ0) is 21.7. The van der Waals surface area contributed by atoms with Gasteiger partial charge in [0.05, 0.1) is 6.20 Å². The van der Waals surface area contributed by atoms with E-state index in [9.17, 15) is 18.3 Å². The van der Waals surface area contributed by atoms with Crippen molar-refractivity contribution in [3.05, 3.63) is 72.6 Å². The maximum atomic E-state index is 13.0. The van der Waals surface area contributed by atoms with Gasteiger partial charge in [-0.25, -0.2) is 13.1 Å². The number of halogens is 1. The molecule has 1 aliphatic rings. The zero-order valence-corrected chi connectivity index (χ0v) is 18.2. The summed E-state index contributed by atoms with van der Waals surface area (Å²) in [6.07, 6.45) is 3.16. The minimum absolute atomic E-state index is 0.00536. The van der Waals surface area contributed by atoms with Crippen molar-refractivity contribution in [2.24, 2.45) is 5.92 Å². The molecule has 4 rings (SSSR count). The summed E-state index contributed by atoms with van der Waals surface area (Å²) in [5, 5.41) is 14.9. The molecule has 7 nitrogen and oxygen atoms in total. The fraction of sp³-hybridized carbons (Fsp3) is 0.200. The number of nitrogens with one attached hydrogen (secondary N) is 1. The lowest BCUT2D eigenvalue weighted by molar-refractivity contribution is -0.140. The van der Waals surface area contributed by atoms with E-state index in [1.54, 1.807) is 31.3 Å². The van der Waals surface area contributed by atoms with Crippen LogP contribution in [-0.4, -0.2) is 34.8 Å². The van der Waals surface area contributed by atoms with Crippen molar-refractivity contribution < 1.29 is 18.3 Å². The van der Waals surface area contributed by atoms with Crippen molar-refractivity contribution in [3.8, 4) is 5.00 Å². The molecule has 0 radical (unpaired) electrons. The SMILES string of the molecule is C=C(Cl)c1cnn(-c2ccc(S(=O)(=O)N[C@@]3(C(=O)O)C(C)[C@@H]3c3ccccc3)s2)c1. The van der Waals surface area contributed by atoms with Gasteiger partial charge in [-0.15, -0.1) is 11.3 Å². The van der Waals surface area contributed by atoms with E-state index >= 15 is 0 Å². The maximum absolute atomic E-state index is 13.0. The lowest BCUT2D eigenvalue weighted by Crippen LogP contribution is -2.45. The third-order valence-electron chi connectivity index (χ3n) is 5.37. The number of nitrogens with zero attached hydrogens (tertiary/aromatic N) is 2. The summed E-state index contributed by atoms with van der Waals surface area (Å²) in [4.78, 5) is 12.1. The molecule has 3 aromatic rings. The number of aliphatic carboxylic acids is 1. The Bertz CT molecular complexity index is 1240. The molecule has 1 aromatic carbocycles. The van der Waals surface area contributed by atoms with Crippen LogP contribution in [0.3, 0.4) is 0 Å². The van der Waals surface area contributed by atoms with Crippen LogP contribution in [0.5, 0.6) is 0 Å². The molecular weight excluding hydrogens is 446 g/mol. The Morgan fingerprint density at radius 2 is 2.00 bits per heavy atom. The Morgan fingerprint density at radius 3 is 2.60 bits per heavy atom. The number of sulfonamides is 1. The Morgan fingerprint density at radius 1 is 1.30 bits per heavy atom. The quantitative estimate of drug-likeness (QED) is 0.556. The molecule has 1 fully saturated rings. The van der Waals surface area contributed by atoms with Crippen LogP contribution in [0.4, 0.5) is 0 Å². The second-order valence-electron chi connectivity index (χ2n) is 7.13. The summed E-state index contributed by atoms with van der Waals surface area (Å²) in [5.41, 5.74) is -0.179. The van der Waals surface area contributed by atoms with Crippen molar-refractivity contribution >= 4 is 44.0 Å². The van der Waals surface area contributed by atoms with Crippen LogP contribution in [0.25, 0.3) is 10.0 Å². The highest BCUT2D eigenvalue weighted by Crippen LogP contribution is 2.58. The van der Waals surface area contributed by atoms with E-state index in [4.69, 9.17) is 11.6 Å². The molecule has 0 amide bonds. The number of hydrogen-bond acceptors (Lipinski definition) is 5. The standard InChI is InChI=1S/C20H18ClN3O4S2/c1-12-18(14-6-4-3-5-7-14)20(12,19(25)26)23-30(27,28)17-9-8-16(29-17)24-11-15(10-22-24)13(2)21/h3-12,18,23H,2H2,1H3,(H,25,26)/t12?,18-,20+/m1/s1. The minimum atomic E-state index is -4.07. The zero-order valence-electron chi connectivity index (χ0n) is 15.8. The van der Waals surface area contributed by atoms with E-state index in [0.717, 1.165) is 16.9 Å². The lowest BCUT2D eigenvalue weighted by atomic mass is 10.1. The normalized spacial score (nSPS) is 23.3. The smallest absolute Gasteiger partial charge is 0.325 e. The summed E-state index contributed by atoms with van der Waals surface area (Å²) in [6.45, 7) is 5.37. The molecule has 3 atom stereocenters. The Hall–Kier alpha value is -2.46. The largest absolute Gasteiger partial charge is 0.480 e. The van der Waals surface area contributed by atoms with Gasteiger partial charge in [-0.05, 0) is 23.6 Å². The molecule has 1 aliphatic carbocycles. The molecule has 0 spiro atoms. The Kier molecular flexibility index (Phi) is 5.09. The van der Waals surface area contributed by atoms with E-state index < -0.39 is 33.4 Å². The molecule has 0 bridgehead atoms. The minimum Gasteiger partial charge on any atom is -0.480 e. The molecular formula is C20H18ClN3O4S2. The summed E-state index contributed by atoms with van der Waals surface area (Å²) in [5.74, 6) is -2.04. The third kappa shape index (κ3) is 3.37. The highest BCUT2D eigenvalue weighted by Gasteiger charge is 2.70. The van der Waals surface area contributed by atoms with E-state index in [1.165, 1.54) is 16.9 Å². The molecule has 156 valence electrons. The molecule has 10 heteroatoms. The number of thiophene rings is 1. The highest BCUT2D eigenvalue weighted by molar-refractivity contribution is 7.91. The summed E-state index contributed by atoms with van der Waals surface area (Å²) in [7, 11) is -4.07. The second kappa shape index (κ2) is 7.35. The predicted octanol–water partition coefficient (Wildman–Crippen LogP) is 3.68. The first-order valence-electron chi connectivity index (χ1n) is 8.99. The van der Waals surface area contributed by atoms with Crippen LogP contribution in [0.1, 0.15) is 24.0 Å². The van der Waals surface area contributed by atoms with Crippen LogP contribution >= 0.6 is 22.9 Å². The predicted molar refractivity (Wildman–Crippen MR) is 115 cm³/mol. The van der Waals surface area contributed by atoms with Crippen molar-refractivity contribution in [1.29, 1.82) is 0 Å². The van der Waals surface area contributed by atoms with Gasteiger partial charge in [-0.1, -0.05) is 55.4 Å². The Balaban J connectivity index is 1.63. The van der Waals surface area contributed by atoms with Crippen LogP contribution in [0, 0.1) is 5.92 Å². The van der Waals surface area contributed by atoms with Crippen LogP contribution in [-0.2, 0) is 14.8 Å². The number of carbonyl (C=O) groups is 1. The summed E-state index contributed by atoms with van der Waals surface area (Å²) >= 11 is 6.84. The first kappa shape index (κ1) is 20.8. The highest BCUT2D eigenvalue weighted by atomic mass is 35.5. The Labute approximate surface area is 182 Å². The average molecular weight is 464 g/mol. The van der Waals surface area contributed by atoms with Gasteiger partial charge in [0.1, 0.15) is 14.7 Å². The van der Waals surface area contributed by atoms with Gasteiger partial charge in [0.15, 0.2) is 0 Å². The average Bonchev–Trinajstić information content (AvgIpc) is 3.14. The summed E-state index contributed by atoms with van der Waals surface area (Å²) in [6, 6.07) is 12.1. The molecule has 1 saturated carbocycles. The van der Waals surface area contributed by atoms with Gasteiger partial charge < -0.3 is 5.11 Å². The van der Waals surface area contributed by atoms with E-state index in [2.05, 4.69) is 16.4 Å². The number of aromatic nitrogens is 2. The fourth-order valence-electron chi connectivity index (χ4n) is 3.73. The maximum Gasteiger partial charge on any atom is 0.325 e. The van der Waals surface area contributed by atoms with Crippen molar-refractivity contribution in [1.82, 2.24) is 14.5 Å². The first-order chi connectivity index (χ1) is 14.2. The fourth-order valence-corrected chi connectivity index (χ4v) is 6.52. The monoisotopic (exact) mass is 463 g/mol. The van der Waals surface area contributed by atoms with Gasteiger partial charge in [0.25, 0.3) is 10.0 Å². The second-order valence-corrected chi connectivity index (χ2v) is 10.6. The molecule has 2 heterocycles. The molecule has 1 unspecified atom stereocenters.